The molecule has 3 heterocycles. The molecule has 0 saturated heterocycles. The Labute approximate surface area is 190 Å². The quantitative estimate of drug-likeness (QED) is 0.449. The van der Waals surface area contributed by atoms with Crippen LogP contribution in [0.25, 0.3) is 11.0 Å². The van der Waals surface area contributed by atoms with Crippen molar-refractivity contribution in [3.63, 3.8) is 0 Å². The van der Waals surface area contributed by atoms with Gasteiger partial charge in [0.1, 0.15) is 28.4 Å². The number of aryl methyl sites for hydroxylation is 1. The van der Waals surface area contributed by atoms with Crippen molar-refractivity contribution in [2.45, 2.75) is 37.8 Å². The van der Waals surface area contributed by atoms with Gasteiger partial charge in [-0.1, -0.05) is 36.2 Å². The van der Waals surface area contributed by atoms with Gasteiger partial charge in [0.15, 0.2) is 11.5 Å². The number of aromatic nitrogens is 6. The molecule has 5 rings (SSSR count). The number of fused-ring (bicyclic) bond motifs is 1. The Kier molecular flexibility index (Phi) is 5.12. The topological polar surface area (TPSA) is 121 Å². The lowest BCUT2D eigenvalue weighted by atomic mass is 9.96. The van der Waals surface area contributed by atoms with E-state index in [0.717, 1.165) is 25.7 Å². The summed E-state index contributed by atoms with van der Waals surface area (Å²) in [6.07, 6.45) is 4.79. The van der Waals surface area contributed by atoms with Crippen molar-refractivity contribution >= 4 is 32.9 Å². The van der Waals surface area contributed by atoms with E-state index in [1.807, 2.05) is 18.2 Å². The number of halogens is 1. The Morgan fingerprint density at radius 2 is 2.00 bits per heavy atom. The highest BCUT2D eigenvalue weighted by atomic mass is 79.9. The Morgan fingerprint density at radius 3 is 2.75 bits per heavy atom. The third kappa shape index (κ3) is 3.52. The first-order valence-corrected chi connectivity index (χ1v) is 11.0. The molecule has 1 aromatic carbocycles. The highest BCUT2D eigenvalue weighted by Gasteiger charge is 2.41. The van der Waals surface area contributed by atoms with Gasteiger partial charge in [0, 0.05) is 12.6 Å². The second kappa shape index (κ2) is 7.97. The van der Waals surface area contributed by atoms with Crippen molar-refractivity contribution in [3.8, 4) is 0 Å². The lowest BCUT2D eigenvalue weighted by molar-refractivity contribution is 0.0892. The number of amides is 1. The van der Waals surface area contributed by atoms with Crippen molar-refractivity contribution in [2.75, 3.05) is 0 Å². The normalized spacial score (nSPS) is 15.3. The summed E-state index contributed by atoms with van der Waals surface area (Å²) in [5.74, 6) is 0.522. The van der Waals surface area contributed by atoms with Crippen molar-refractivity contribution in [2.24, 2.45) is 7.05 Å². The number of hydrogen-bond acceptors (Lipinski definition) is 7. The van der Waals surface area contributed by atoms with Gasteiger partial charge in [0.2, 0.25) is 5.89 Å². The number of benzene rings is 1. The second-order valence-electron chi connectivity index (χ2n) is 7.91. The van der Waals surface area contributed by atoms with Crippen molar-refractivity contribution in [1.82, 2.24) is 34.8 Å². The van der Waals surface area contributed by atoms with E-state index < -0.39 is 5.54 Å². The summed E-state index contributed by atoms with van der Waals surface area (Å²) < 4.78 is 8.83. The van der Waals surface area contributed by atoms with Crippen molar-refractivity contribution in [3.05, 3.63) is 68.9 Å². The molecule has 0 spiro atoms. The fraction of sp³-hybridized carbons (Fsp3) is 0.333. The number of nitrogens with one attached hydrogen (secondary N) is 1. The molecule has 1 fully saturated rings. The van der Waals surface area contributed by atoms with E-state index in [1.54, 1.807) is 19.2 Å². The van der Waals surface area contributed by atoms with Crippen LogP contribution in [0.15, 0.2) is 50.6 Å². The summed E-state index contributed by atoms with van der Waals surface area (Å²) in [5.41, 5.74) is 0.116. The predicted molar refractivity (Wildman–Crippen MR) is 118 cm³/mol. The number of rotatable bonds is 5. The largest absolute Gasteiger partial charge is 0.339 e. The van der Waals surface area contributed by atoms with Crippen LogP contribution in [0.3, 0.4) is 0 Å². The van der Waals surface area contributed by atoms with Gasteiger partial charge in [-0.2, -0.15) is 10.1 Å². The molecule has 0 atom stereocenters. The first-order chi connectivity index (χ1) is 15.5. The Hall–Kier alpha value is -3.34. The number of carbonyl (C=O) groups excluding carboxylic acids is 1. The molecule has 1 N–H and O–H groups in total. The van der Waals surface area contributed by atoms with Crippen LogP contribution in [-0.2, 0) is 19.1 Å². The first-order valence-electron chi connectivity index (χ1n) is 10.3. The summed E-state index contributed by atoms with van der Waals surface area (Å²) in [5, 5.41) is 11.9. The highest BCUT2D eigenvalue weighted by Crippen LogP contribution is 2.37. The molecule has 0 bridgehead atoms. The fourth-order valence-electron chi connectivity index (χ4n) is 4.17. The molecule has 0 unspecified atom stereocenters. The molecule has 1 saturated carbocycles. The van der Waals surface area contributed by atoms with Crippen LogP contribution in [0, 0.1) is 0 Å². The van der Waals surface area contributed by atoms with E-state index in [2.05, 4.69) is 41.5 Å². The smallest absolute Gasteiger partial charge is 0.266 e. The van der Waals surface area contributed by atoms with Crippen molar-refractivity contribution < 1.29 is 9.32 Å². The maximum absolute atomic E-state index is 12.9. The lowest BCUT2D eigenvalue weighted by Gasteiger charge is -2.26. The van der Waals surface area contributed by atoms with E-state index in [-0.39, 0.29) is 23.9 Å². The third-order valence-corrected chi connectivity index (χ3v) is 6.37. The summed E-state index contributed by atoms with van der Waals surface area (Å²) in [7, 11) is 1.72. The van der Waals surface area contributed by atoms with Crippen LogP contribution in [0.5, 0.6) is 0 Å². The van der Waals surface area contributed by atoms with Crippen LogP contribution < -0.4 is 10.9 Å². The molecule has 1 amide bonds. The van der Waals surface area contributed by atoms with E-state index in [0.29, 0.717) is 27.0 Å². The number of nitrogens with zero attached hydrogens (tertiary/aromatic N) is 6. The van der Waals surface area contributed by atoms with E-state index in [4.69, 9.17) is 4.52 Å². The summed E-state index contributed by atoms with van der Waals surface area (Å²) in [6, 6.07) is 9.06. The number of carbonyl (C=O) groups is 1. The molecular formula is C21H20BrN7O3. The van der Waals surface area contributed by atoms with Crippen LogP contribution in [0.4, 0.5) is 0 Å². The van der Waals surface area contributed by atoms with Crippen LogP contribution in [-0.4, -0.2) is 35.4 Å². The minimum absolute atomic E-state index is 0.0683. The molecule has 0 radical (unpaired) electrons. The molecule has 1 aliphatic rings. The SMILES string of the molecule is Cn1nc(Br)c2c(=O)n(Cc3nc(C4(NC(=O)c5ccccc5)CCCC4)no3)cnc21. The average molecular weight is 498 g/mol. The fourth-order valence-corrected chi connectivity index (χ4v) is 4.75. The maximum atomic E-state index is 12.9. The zero-order valence-electron chi connectivity index (χ0n) is 17.3. The molecule has 164 valence electrons. The summed E-state index contributed by atoms with van der Waals surface area (Å²) in [4.78, 5) is 34.6. The van der Waals surface area contributed by atoms with E-state index in [9.17, 15) is 9.59 Å². The zero-order valence-corrected chi connectivity index (χ0v) is 18.9. The van der Waals surface area contributed by atoms with Crippen molar-refractivity contribution in [1.29, 1.82) is 0 Å². The van der Waals surface area contributed by atoms with Crippen LogP contribution >= 0.6 is 15.9 Å². The molecule has 0 aliphatic heterocycles. The average Bonchev–Trinajstić information content (AvgIpc) is 3.51. The van der Waals surface area contributed by atoms with Gasteiger partial charge < -0.3 is 9.84 Å². The van der Waals surface area contributed by atoms with Crippen LogP contribution in [0.2, 0.25) is 0 Å². The number of hydrogen-bond donors (Lipinski definition) is 1. The molecule has 32 heavy (non-hydrogen) atoms. The van der Waals surface area contributed by atoms with Gasteiger partial charge in [-0.05, 0) is 40.9 Å². The maximum Gasteiger partial charge on any atom is 0.266 e. The molecule has 11 heteroatoms. The summed E-state index contributed by atoms with van der Waals surface area (Å²) in [6.45, 7) is 0.0683. The minimum Gasteiger partial charge on any atom is -0.339 e. The van der Waals surface area contributed by atoms with Gasteiger partial charge in [-0.15, -0.1) is 0 Å². The highest BCUT2D eigenvalue weighted by molar-refractivity contribution is 9.10. The van der Waals surface area contributed by atoms with Gasteiger partial charge in [-0.3, -0.25) is 14.2 Å². The van der Waals surface area contributed by atoms with Gasteiger partial charge >= 0.3 is 0 Å². The molecule has 10 nitrogen and oxygen atoms in total. The summed E-state index contributed by atoms with van der Waals surface area (Å²) >= 11 is 3.31. The third-order valence-electron chi connectivity index (χ3n) is 5.82. The minimum atomic E-state index is -0.686. The Morgan fingerprint density at radius 1 is 1.25 bits per heavy atom. The predicted octanol–water partition coefficient (Wildman–Crippen LogP) is 2.52. The molecule has 3 aromatic heterocycles. The second-order valence-corrected chi connectivity index (χ2v) is 8.66. The molecular weight excluding hydrogens is 478 g/mol. The van der Waals surface area contributed by atoms with E-state index >= 15 is 0 Å². The monoisotopic (exact) mass is 497 g/mol. The van der Waals surface area contributed by atoms with Gasteiger partial charge in [-0.25, -0.2) is 9.67 Å². The van der Waals surface area contributed by atoms with E-state index in [1.165, 1.54) is 15.6 Å². The standard InChI is InChI=1S/C21H20BrN7O3/c1-28-17-15(16(22)26-28)19(31)29(12-23-17)11-14-24-20(27-32-14)21(9-5-6-10-21)25-18(30)13-7-3-2-4-8-13/h2-4,7-8,12H,5-6,9-11H2,1H3,(H,25,30). The Balaban J connectivity index is 1.43. The van der Waals surface area contributed by atoms with Gasteiger partial charge in [0.25, 0.3) is 11.5 Å². The first kappa shape index (κ1) is 20.6. The Bertz CT molecular complexity index is 1350. The molecule has 4 aromatic rings. The van der Waals surface area contributed by atoms with Crippen LogP contribution in [0.1, 0.15) is 47.8 Å². The zero-order chi connectivity index (χ0) is 22.3. The lowest BCUT2D eigenvalue weighted by Crippen LogP contribution is -2.44. The molecule has 1 aliphatic carbocycles. The van der Waals surface area contributed by atoms with Gasteiger partial charge in [0.05, 0.1) is 0 Å².